The summed E-state index contributed by atoms with van der Waals surface area (Å²) in [6.45, 7) is 0.647. The molecule has 0 unspecified atom stereocenters. The lowest BCUT2D eigenvalue weighted by atomic mass is 10.2. The number of nitrogens with zero attached hydrogens (tertiary/aromatic N) is 3. The van der Waals surface area contributed by atoms with Crippen LogP contribution in [0.3, 0.4) is 0 Å². The molecule has 2 heterocycles. The Kier molecular flexibility index (Phi) is 3.87. The molecule has 0 atom stereocenters. The maximum Gasteiger partial charge on any atom is 0.213 e. The van der Waals surface area contributed by atoms with E-state index in [4.69, 9.17) is 4.74 Å². The third-order valence-electron chi connectivity index (χ3n) is 2.14. The van der Waals surface area contributed by atoms with Crippen molar-refractivity contribution in [1.29, 1.82) is 0 Å². The van der Waals surface area contributed by atoms with Crippen molar-refractivity contribution < 1.29 is 4.74 Å². The highest BCUT2D eigenvalue weighted by Gasteiger charge is 2.01. The summed E-state index contributed by atoms with van der Waals surface area (Å²) in [6.07, 6.45) is 4.91. The van der Waals surface area contributed by atoms with Gasteiger partial charge in [0, 0.05) is 25.0 Å². The first kappa shape index (κ1) is 11.8. The number of rotatable bonds is 4. The van der Waals surface area contributed by atoms with Crippen molar-refractivity contribution in [1.82, 2.24) is 15.0 Å². The lowest BCUT2D eigenvalue weighted by Crippen LogP contribution is -2.02. The lowest BCUT2D eigenvalue weighted by Gasteiger charge is -2.07. The van der Waals surface area contributed by atoms with Gasteiger partial charge in [-0.2, -0.15) is 0 Å². The van der Waals surface area contributed by atoms with Crippen molar-refractivity contribution in [2.24, 2.45) is 0 Å². The molecule has 0 saturated carbocycles. The molecule has 0 bridgehead atoms. The largest absolute Gasteiger partial charge is 0.481 e. The van der Waals surface area contributed by atoms with Gasteiger partial charge in [0.1, 0.15) is 12.1 Å². The van der Waals surface area contributed by atoms with Crippen LogP contribution in [-0.4, -0.2) is 22.1 Å². The number of hydrogen-bond acceptors (Lipinski definition) is 5. The Balaban J connectivity index is 2.05. The smallest absolute Gasteiger partial charge is 0.213 e. The van der Waals surface area contributed by atoms with E-state index in [2.05, 4.69) is 36.2 Å². The Morgan fingerprint density at radius 3 is 3.06 bits per heavy atom. The fourth-order valence-electron chi connectivity index (χ4n) is 1.30. The van der Waals surface area contributed by atoms with Gasteiger partial charge in [0.2, 0.25) is 5.88 Å². The van der Waals surface area contributed by atoms with E-state index in [9.17, 15) is 0 Å². The molecule has 0 aliphatic heterocycles. The van der Waals surface area contributed by atoms with Gasteiger partial charge < -0.3 is 10.1 Å². The van der Waals surface area contributed by atoms with E-state index in [1.807, 2.05) is 12.1 Å². The number of aromatic nitrogens is 3. The van der Waals surface area contributed by atoms with E-state index in [1.165, 1.54) is 6.33 Å². The third kappa shape index (κ3) is 3.13. The molecular formula is C11H11BrN4O. The quantitative estimate of drug-likeness (QED) is 0.937. The van der Waals surface area contributed by atoms with Crippen LogP contribution in [0, 0.1) is 0 Å². The molecule has 0 spiro atoms. The fraction of sp³-hybridized carbons (Fsp3) is 0.182. The minimum atomic E-state index is 0.603. The maximum atomic E-state index is 5.06. The maximum absolute atomic E-state index is 5.06. The topological polar surface area (TPSA) is 59.9 Å². The monoisotopic (exact) mass is 294 g/mol. The van der Waals surface area contributed by atoms with Crippen LogP contribution in [0.1, 0.15) is 5.56 Å². The molecule has 88 valence electrons. The summed E-state index contributed by atoms with van der Waals surface area (Å²) in [4.78, 5) is 12.1. The van der Waals surface area contributed by atoms with Crippen molar-refractivity contribution in [3.05, 3.63) is 40.9 Å². The second-order valence-corrected chi connectivity index (χ2v) is 4.13. The van der Waals surface area contributed by atoms with Crippen molar-refractivity contribution in [3.63, 3.8) is 0 Å². The Morgan fingerprint density at radius 1 is 1.41 bits per heavy atom. The molecule has 0 amide bonds. The number of hydrogen-bond donors (Lipinski definition) is 1. The number of methoxy groups -OCH3 is 1. The first-order chi connectivity index (χ1) is 8.29. The fourth-order valence-corrected chi connectivity index (χ4v) is 1.66. The summed E-state index contributed by atoms with van der Waals surface area (Å²) in [5, 5.41) is 3.20. The first-order valence-electron chi connectivity index (χ1n) is 4.98. The zero-order chi connectivity index (χ0) is 12.1. The van der Waals surface area contributed by atoms with Gasteiger partial charge in [-0.15, -0.1) is 0 Å². The lowest BCUT2D eigenvalue weighted by molar-refractivity contribution is 0.397. The summed E-state index contributed by atoms with van der Waals surface area (Å²) >= 11 is 3.37. The van der Waals surface area contributed by atoms with Gasteiger partial charge in [-0.1, -0.05) is 0 Å². The van der Waals surface area contributed by atoms with E-state index in [-0.39, 0.29) is 0 Å². The molecule has 0 radical (unpaired) electrons. The summed E-state index contributed by atoms with van der Waals surface area (Å²) in [6, 6.07) is 3.80. The van der Waals surface area contributed by atoms with Crippen molar-refractivity contribution in [3.8, 4) is 5.88 Å². The Bertz CT molecular complexity index is 506. The number of pyridine rings is 1. The van der Waals surface area contributed by atoms with Crippen molar-refractivity contribution >= 4 is 21.7 Å². The Morgan fingerprint density at radius 2 is 2.29 bits per heavy atom. The van der Waals surface area contributed by atoms with Crippen LogP contribution in [0.4, 0.5) is 5.82 Å². The molecular weight excluding hydrogens is 284 g/mol. The van der Waals surface area contributed by atoms with Crippen LogP contribution in [0.25, 0.3) is 0 Å². The Labute approximate surface area is 107 Å². The van der Waals surface area contributed by atoms with Gasteiger partial charge in [-0.3, -0.25) is 0 Å². The van der Waals surface area contributed by atoms with Crippen LogP contribution in [-0.2, 0) is 6.54 Å². The van der Waals surface area contributed by atoms with Crippen molar-refractivity contribution in [2.75, 3.05) is 12.4 Å². The highest BCUT2D eigenvalue weighted by Crippen LogP contribution is 2.18. The number of halogens is 1. The summed E-state index contributed by atoms with van der Waals surface area (Å²) in [5.41, 5.74) is 1.07. The molecule has 0 aromatic carbocycles. The molecule has 2 aromatic heterocycles. The minimum absolute atomic E-state index is 0.603. The summed E-state index contributed by atoms with van der Waals surface area (Å²) in [7, 11) is 1.60. The van der Waals surface area contributed by atoms with Crippen molar-refractivity contribution in [2.45, 2.75) is 6.54 Å². The molecule has 0 fully saturated rings. The van der Waals surface area contributed by atoms with E-state index in [0.29, 0.717) is 12.4 Å². The second-order valence-electron chi connectivity index (χ2n) is 3.28. The van der Waals surface area contributed by atoms with Gasteiger partial charge >= 0.3 is 0 Å². The van der Waals surface area contributed by atoms with E-state index in [0.717, 1.165) is 15.9 Å². The van der Waals surface area contributed by atoms with Gasteiger partial charge in [0.15, 0.2) is 0 Å². The van der Waals surface area contributed by atoms with E-state index >= 15 is 0 Å². The van der Waals surface area contributed by atoms with Gasteiger partial charge in [0.05, 0.1) is 11.6 Å². The summed E-state index contributed by atoms with van der Waals surface area (Å²) in [5.74, 6) is 1.36. The third-order valence-corrected chi connectivity index (χ3v) is 2.72. The predicted octanol–water partition coefficient (Wildman–Crippen LogP) is 2.25. The molecule has 6 heteroatoms. The molecule has 1 N–H and O–H groups in total. The van der Waals surface area contributed by atoms with Crippen LogP contribution < -0.4 is 10.1 Å². The molecule has 0 saturated heterocycles. The number of ether oxygens (including phenoxy) is 1. The number of nitrogens with one attached hydrogen (secondary N) is 1. The first-order valence-corrected chi connectivity index (χ1v) is 5.77. The zero-order valence-corrected chi connectivity index (χ0v) is 10.8. The summed E-state index contributed by atoms with van der Waals surface area (Å²) < 4.78 is 5.89. The minimum Gasteiger partial charge on any atom is -0.481 e. The van der Waals surface area contributed by atoms with E-state index in [1.54, 1.807) is 19.5 Å². The highest BCUT2D eigenvalue weighted by atomic mass is 79.9. The standard InChI is InChI=1S/C11H11BrN4O/c1-17-10-4-8(2-3-14-10)5-15-11-9(12)6-13-7-16-11/h2-4,6-7H,5H2,1H3,(H,13,15,16). The van der Waals surface area contributed by atoms with Gasteiger partial charge in [-0.25, -0.2) is 15.0 Å². The van der Waals surface area contributed by atoms with Crippen LogP contribution in [0.15, 0.2) is 35.3 Å². The SMILES string of the molecule is COc1cc(CNc2ncncc2Br)ccn1. The molecule has 0 aliphatic carbocycles. The van der Waals surface area contributed by atoms with Gasteiger partial charge in [-0.05, 0) is 27.6 Å². The molecule has 2 aromatic rings. The second kappa shape index (κ2) is 5.58. The zero-order valence-electron chi connectivity index (χ0n) is 9.22. The predicted molar refractivity (Wildman–Crippen MR) is 67.8 cm³/mol. The highest BCUT2D eigenvalue weighted by molar-refractivity contribution is 9.10. The molecule has 17 heavy (non-hydrogen) atoms. The number of anilines is 1. The van der Waals surface area contributed by atoms with Crippen LogP contribution in [0.5, 0.6) is 5.88 Å². The van der Waals surface area contributed by atoms with Crippen LogP contribution in [0.2, 0.25) is 0 Å². The normalized spacial score (nSPS) is 10.0. The van der Waals surface area contributed by atoms with Gasteiger partial charge in [0.25, 0.3) is 0 Å². The van der Waals surface area contributed by atoms with E-state index < -0.39 is 0 Å². The Hall–Kier alpha value is -1.69. The van der Waals surface area contributed by atoms with Crippen LogP contribution >= 0.6 is 15.9 Å². The average molecular weight is 295 g/mol. The average Bonchev–Trinajstić information content (AvgIpc) is 2.38. The molecule has 2 rings (SSSR count). The molecule has 0 aliphatic rings. The molecule has 5 nitrogen and oxygen atoms in total.